The number of aromatic nitrogens is 1. The van der Waals surface area contributed by atoms with E-state index in [1.807, 2.05) is 41.8 Å². The van der Waals surface area contributed by atoms with Crippen molar-refractivity contribution >= 4 is 34.1 Å². The van der Waals surface area contributed by atoms with Gasteiger partial charge in [0.15, 0.2) is 0 Å². The Hall–Kier alpha value is -2.46. The molecule has 2 N–H and O–H groups in total. The van der Waals surface area contributed by atoms with Gasteiger partial charge in [-0.25, -0.2) is 0 Å². The molecular weight excluding hydrogens is 300 g/mol. The molecule has 0 aliphatic carbocycles. The first-order chi connectivity index (χ1) is 10.6. The number of benzene rings is 2. The second kappa shape index (κ2) is 5.73. The van der Waals surface area contributed by atoms with Crippen LogP contribution in [0.5, 0.6) is 5.75 Å². The van der Waals surface area contributed by atoms with Gasteiger partial charge in [-0.3, -0.25) is 4.79 Å². The molecule has 0 saturated heterocycles. The average molecular weight is 315 g/mol. The fourth-order valence-electron chi connectivity index (χ4n) is 2.53. The summed E-state index contributed by atoms with van der Waals surface area (Å²) in [5.74, 6) is -0.299. The molecule has 3 aromatic rings. The minimum absolute atomic E-state index is 0.0168. The molecule has 1 amide bonds. The predicted octanol–water partition coefficient (Wildman–Crippen LogP) is 4.27. The van der Waals surface area contributed by atoms with E-state index in [-0.39, 0.29) is 11.7 Å². The molecular formula is C17H15ClN2O2. The molecule has 5 heteroatoms. The Labute approximate surface area is 132 Å². The molecule has 0 spiro atoms. The maximum atomic E-state index is 12.5. The lowest BCUT2D eigenvalue weighted by Crippen LogP contribution is -2.16. The number of phenols is 1. The van der Waals surface area contributed by atoms with E-state index in [4.69, 9.17) is 11.6 Å². The van der Waals surface area contributed by atoms with Crippen molar-refractivity contribution in [3.63, 3.8) is 0 Å². The third-order valence-electron chi connectivity index (χ3n) is 3.57. The number of hydrogen-bond acceptors (Lipinski definition) is 2. The molecule has 22 heavy (non-hydrogen) atoms. The van der Waals surface area contributed by atoms with Gasteiger partial charge in [0, 0.05) is 22.5 Å². The Morgan fingerprint density at radius 2 is 2.00 bits per heavy atom. The van der Waals surface area contributed by atoms with E-state index >= 15 is 0 Å². The number of anilines is 1. The van der Waals surface area contributed by atoms with Gasteiger partial charge in [0.2, 0.25) is 0 Å². The van der Waals surface area contributed by atoms with Gasteiger partial charge in [0.05, 0.1) is 5.69 Å². The number of rotatable bonds is 3. The molecule has 4 nitrogen and oxygen atoms in total. The third kappa shape index (κ3) is 2.53. The van der Waals surface area contributed by atoms with Crippen LogP contribution in [0.1, 0.15) is 17.4 Å². The van der Waals surface area contributed by atoms with E-state index in [1.165, 1.54) is 12.1 Å². The van der Waals surface area contributed by atoms with Crippen LogP contribution in [0.15, 0.2) is 48.5 Å². The van der Waals surface area contributed by atoms with Crippen LogP contribution >= 0.6 is 11.6 Å². The monoisotopic (exact) mass is 314 g/mol. The number of halogens is 1. The van der Waals surface area contributed by atoms with E-state index in [1.54, 1.807) is 6.07 Å². The largest absolute Gasteiger partial charge is 0.506 e. The first-order valence-electron chi connectivity index (χ1n) is 6.98. The van der Waals surface area contributed by atoms with Crippen LogP contribution in [0.3, 0.4) is 0 Å². The highest BCUT2D eigenvalue weighted by molar-refractivity contribution is 6.31. The summed E-state index contributed by atoms with van der Waals surface area (Å²) >= 11 is 5.90. The molecule has 1 heterocycles. The first-order valence-corrected chi connectivity index (χ1v) is 7.36. The quantitative estimate of drug-likeness (QED) is 0.709. The zero-order valence-corrected chi connectivity index (χ0v) is 12.8. The Morgan fingerprint density at radius 1 is 1.23 bits per heavy atom. The molecule has 112 valence electrons. The highest BCUT2D eigenvalue weighted by Crippen LogP contribution is 2.28. The summed E-state index contributed by atoms with van der Waals surface area (Å²) in [5, 5.41) is 14.0. The van der Waals surface area contributed by atoms with E-state index in [0.29, 0.717) is 22.9 Å². The fraction of sp³-hybridized carbons (Fsp3) is 0.118. The van der Waals surface area contributed by atoms with Gasteiger partial charge < -0.3 is 15.0 Å². The molecule has 0 bridgehead atoms. The maximum Gasteiger partial charge on any atom is 0.272 e. The summed E-state index contributed by atoms with van der Waals surface area (Å²) in [4.78, 5) is 12.5. The highest BCUT2D eigenvalue weighted by Gasteiger charge is 2.16. The van der Waals surface area contributed by atoms with Crippen molar-refractivity contribution in [3.8, 4) is 5.75 Å². The smallest absolute Gasteiger partial charge is 0.272 e. The van der Waals surface area contributed by atoms with E-state index in [2.05, 4.69) is 5.32 Å². The predicted molar refractivity (Wildman–Crippen MR) is 88.7 cm³/mol. The molecule has 2 aromatic carbocycles. The summed E-state index contributed by atoms with van der Waals surface area (Å²) in [6, 6.07) is 14.2. The van der Waals surface area contributed by atoms with Crippen molar-refractivity contribution in [3.05, 3.63) is 59.2 Å². The summed E-state index contributed by atoms with van der Waals surface area (Å²) in [6.07, 6.45) is 0. The number of aryl methyl sites for hydroxylation is 1. The van der Waals surface area contributed by atoms with Crippen LogP contribution in [0.4, 0.5) is 5.69 Å². The summed E-state index contributed by atoms with van der Waals surface area (Å²) in [5.41, 5.74) is 1.85. The van der Waals surface area contributed by atoms with Gasteiger partial charge in [0.1, 0.15) is 11.4 Å². The zero-order valence-electron chi connectivity index (χ0n) is 12.0. The molecule has 1 aromatic heterocycles. The normalized spacial score (nSPS) is 10.8. The van der Waals surface area contributed by atoms with E-state index < -0.39 is 0 Å². The van der Waals surface area contributed by atoms with Crippen LogP contribution in [-0.2, 0) is 6.54 Å². The van der Waals surface area contributed by atoms with Gasteiger partial charge >= 0.3 is 0 Å². The zero-order chi connectivity index (χ0) is 15.7. The van der Waals surface area contributed by atoms with E-state index in [9.17, 15) is 9.90 Å². The molecule has 0 saturated carbocycles. The van der Waals surface area contributed by atoms with Crippen LogP contribution in [-0.4, -0.2) is 15.6 Å². The molecule has 0 aliphatic heterocycles. The number of aromatic hydroxyl groups is 1. The van der Waals surface area contributed by atoms with Crippen LogP contribution in [0.25, 0.3) is 10.9 Å². The Kier molecular flexibility index (Phi) is 3.77. The molecule has 0 atom stereocenters. The third-order valence-corrected chi connectivity index (χ3v) is 3.80. The second-order valence-electron chi connectivity index (χ2n) is 4.95. The van der Waals surface area contributed by atoms with Gasteiger partial charge in [-0.05, 0) is 37.3 Å². The van der Waals surface area contributed by atoms with Crippen molar-refractivity contribution in [2.24, 2.45) is 0 Å². The van der Waals surface area contributed by atoms with Crippen molar-refractivity contribution in [1.82, 2.24) is 4.57 Å². The summed E-state index contributed by atoms with van der Waals surface area (Å²) < 4.78 is 1.94. The molecule has 0 unspecified atom stereocenters. The topological polar surface area (TPSA) is 54.3 Å². The van der Waals surface area contributed by atoms with Crippen LogP contribution in [0.2, 0.25) is 5.02 Å². The lowest BCUT2D eigenvalue weighted by atomic mass is 10.2. The Balaban J connectivity index is 2.00. The first kappa shape index (κ1) is 14.5. The Bertz CT molecular complexity index is 855. The van der Waals surface area contributed by atoms with Crippen LogP contribution < -0.4 is 5.32 Å². The minimum Gasteiger partial charge on any atom is -0.506 e. The summed E-state index contributed by atoms with van der Waals surface area (Å²) in [6.45, 7) is 2.66. The molecule has 0 radical (unpaired) electrons. The van der Waals surface area contributed by atoms with Crippen molar-refractivity contribution in [2.75, 3.05) is 5.32 Å². The lowest BCUT2D eigenvalue weighted by molar-refractivity contribution is 0.101. The summed E-state index contributed by atoms with van der Waals surface area (Å²) in [7, 11) is 0. The van der Waals surface area contributed by atoms with Crippen LogP contribution in [0, 0.1) is 0 Å². The van der Waals surface area contributed by atoms with Gasteiger partial charge in [-0.1, -0.05) is 29.8 Å². The van der Waals surface area contributed by atoms with E-state index in [0.717, 1.165) is 10.9 Å². The SMILES string of the molecule is CCn1c(C(=O)Nc2cc(Cl)ccc2O)cc2ccccc21. The number of para-hydroxylation sites is 1. The number of fused-ring (bicyclic) bond motifs is 1. The number of nitrogens with zero attached hydrogens (tertiary/aromatic N) is 1. The number of carbonyl (C=O) groups excluding carboxylic acids is 1. The molecule has 3 rings (SSSR count). The Morgan fingerprint density at radius 3 is 2.77 bits per heavy atom. The molecule has 0 aliphatic rings. The number of carbonyl (C=O) groups is 1. The minimum atomic E-state index is -0.282. The maximum absolute atomic E-state index is 12.5. The fourth-order valence-corrected chi connectivity index (χ4v) is 2.71. The second-order valence-corrected chi connectivity index (χ2v) is 5.38. The van der Waals surface area contributed by atoms with Gasteiger partial charge in [-0.15, -0.1) is 0 Å². The van der Waals surface area contributed by atoms with Crippen molar-refractivity contribution < 1.29 is 9.90 Å². The number of phenolic OH excluding ortho intramolecular Hbond substituents is 1. The molecule has 0 fully saturated rings. The number of amides is 1. The number of nitrogens with one attached hydrogen (secondary N) is 1. The van der Waals surface area contributed by atoms with Crippen molar-refractivity contribution in [1.29, 1.82) is 0 Å². The van der Waals surface area contributed by atoms with Gasteiger partial charge in [-0.2, -0.15) is 0 Å². The van der Waals surface area contributed by atoms with Gasteiger partial charge in [0.25, 0.3) is 5.91 Å². The number of hydrogen-bond donors (Lipinski definition) is 2. The van der Waals surface area contributed by atoms with Crippen molar-refractivity contribution in [2.45, 2.75) is 13.5 Å². The average Bonchev–Trinajstić information content (AvgIpc) is 2.89. The highest BCUT2D eigenvalue weighted by atomic mass is 35.5. The standard InChI is InChI=1S/C17H15ClN2O2/c1-2-20-14-6-4-3-5-11(14)9-15(20)17(22)19-13-10-12(18)7-8-16(13)21/h3-10,21H,2H2,1H3,(H,19,22). The lowest BCUT2D eigenvalue weighted by Gasteiger charge is -2.10.